The zero-order valence-corrected chi connectivity index (χ0v) is 4.92. The smallest absolute Gasteiger partial charge is 0.123 e. The monoisotopic (exact) mass is 128 g/mol. The van der Waals surface area contributed by atoms with Gasteiger partial charge in [-0.3, -0.25) is 11.7 Å². The van der Waals surface area contributed by atoms with Gasteiger partial charge in [-0.1, -0.05) is 18.2 Å². The molecule has 1 rings (SSSR count). The van der Waals surface area contributed by atoms with Crippen molar-refractivity contribution >= 4 is 0 Å². The Labute approximate surface area is 53.3 Å². The third-order valence-electron chi connectivity index (χ3n) is 0.733. The molecule has 0 fully saturated rings. The number of nitrogens with two attached hydrogens (primary N) is 2. The Hall–Kier alpha value is -0.930. The van der Waals surface area contributed by atoms with E-state index in [2.05, 4.69) is 11.7 Å². The average Bonchev–Trinajstić information content (AvgIpc) is 1.94. The van der Waals surface area contributed by atoms with Crippen LogP contribution in [0.2, 0.25) is 0 Å². The van der Waals surface area contributed by atoms with Gasteiger partial charge in [-0.25, -0.2) is 4.39 Å². The highest BCUT2D eigenvalue weighted by Crippen LogP contribution is 1.91. The number of hydrogen-bond acceptors (Lipinski definition) is 2. The van der Waals surface area contributed by atoms with Gasteiger partial charge in [0.25, 0.3) is 0 Å². The van der Waals surface area contributed by atoms with Crippen LogP contribution in [-0.2, 0) is 0 Å². The molecule has 3 heteroatoms. The lowest BCUT2D eigenvalue weighted by atomic mass is 10.4. The Morgan fingerprint density at radius 1 is 1.00 bits per heavy atom. The molecular formula is C6H9FN2. The summed E-state index contributed by atoms with van der Waals surface area (Å²) >= 11 is 0. The summed E-state index contributed by atoms with van der Waals surface area (Å²) in [5.74, 6) is 7.82. The number of benzene rings is 1. The van der Waals surface area contributed by atoms with Crippen LogP contribution in [0.25, 0.3) is 0 Å². The summed E-state index contributed by atoms with van der Waals surface area (Å²) in [6.45, 7) is 0. The summed E-state index contributed by atoms with van der Waals surface area (Å²) in [6, 6.07) is 7.94. The molecule has 0 aliphatic heterocycles. The van der Waals surface area contributed by atoms with E-state index in [0.29, 0.717) is 0 Å². The van der Waals surface area contributed by atoms with Crippen molar-refractivity contribution in [2.75, 3.05) is 0 Å². The molecule has 1 aromatic rings. The molecule has 2 nitrogen and oxygen atoms in total. The van der Waals surface area contributed by atoms with Crippen molar-refractivity contribution in [3.63, 3.8) is 0 Å². The van der Waals surface area contributed by atoms with Crippen molar-refractivity contribution in [3.05, 3.63) is 36.1 Å². The zero-order valence-electron chi connectivity index (χ0n) is 4.92. The van der Waals surface area contributed by atoms with Gasteiger partial charge >= 0.3 is 0 Å². The molecule has 0 unspecified atom stereocenters. The maximum Gasteiger partial charge on any atom is 0.123 e. The Kier molecular flexibility index (Phi) is 4.67. The molecule has 0 aromatic heterocycles. The van der Waals surface area contributed by atoms with Gasteiger partial charge in [0.1, 0.15) is 5.82 Å². The summed E-state index contributed by atoms with van der Waals surface area (Å²) in [5.41, 5.74) is 0. The number of hydrogen-bond donors (Lipinski definition) is 2. The molecule has 0 aliphatic carbocycles. The molecule has 0 saturated carbocycles. The summed E-state index contributed by atoms with van der Waals surface area (Å²) in [5, 5.41) is 0. The highest BCUT2D eigenvalue weighted by molar-refractivity contribution is 5.02. The SMILES string of the molecule is Fc1ccccc1.NN. The minimum absolute atomic E-state index is 0.178. The van der Waals surface area contributed by atoms with Crippen LogP contribution in [-0.4, -0.2) is 0 Å². The first-order chi connectivity index (χ1) is 4.39. The fourth-order valence-electron chi connectivity index (χ4n) is 0.415. The van der Waals surface area contributed by atoms with Crippen LogP contribution in [0.3, 0.4) is 0 Å². The predicted octanol–water partition coefficient (Wildman–Crippen LogP) is 0.645. The largest absolute Gasteiger partial charge is 0.274 e. The third kappa shape index (κ3) is 3.64. The molecule has 0 bridgehead atoms. The Morgan fingerprint density at radius 2 is 1.44 bits per heavy atom. The van der Waals surface area contributed by atoms with Crippen LogP contribution in [0, 0.1) is 5.82 Å². The number of halogens is 1. The number of rotatable bonds is 0. The van der Waals surface area contributed by atoms with E-state index in [0.717, 1.165) is 0 Å². The van der Waals surface area contributed by atoms with Gasteiger partial charge in [-0.05, 0) is 12.1 Å². The fraction of sp³-hybridized carbons (Fsp3) is 0. The minimum atomic E-state index is -0.178. The van der Waals surface area contributed by atoms with E-state index in [-0.39, 0.29) is 5.82 Å². The second-order valence-corrected chi connectivity index (χ2v) is 1.30. The zero-order chi connectivity index (χ0) is 7.11. The topological polar surface area (TPSA) is 52.0 Å². The van der Waals surface area contributed by atoms with E-state index in [9.17, 15) is 4.39 Å². The van der Waals surface area contributed by atoms with E-state index in [1.807, 2.05) is 0 Å². The van der Waals surface area contributed by atoms with E-state index in [1.165, 1.54) is 12.1 Å². The molecule has 0 amide bonds. The maximum atomic E-state index is 11.9. The molecule has 0 radical (unpaired) electrons. The quantitative estimate of drug-likeness (QED) is 0.398. The second kappa shape index (κ2) is 5.21. The predicted molar refractivity (Wildman–Crippen MR) is 34.8 cm³/mol. The molecule has 50 valence electrons. The highest BCUT2D eigenvalue weighted by Gasteiger charge is 1.77. The highest BCUT2D eigenvalue weighted by atomic mass is 19.1. The molecule has 4 N–H and O–H groups in total. The first-order valence-electron chi connectivity index (χ1n) is 2.43. The van der Waals surface area contributed by atoms with Crippen LogP contribution >= 0.6 is 0 Å². The normalized spacial score (nSPS) is 7.44. The second-order valence-electron chi connectivity index (χ2n) is 1.30. The molecule has 0 spiro atoms. The molecule has 9 heavy (non-hydrogen) atoms. The van der Waals surface area contributed by atoms with E-state index in [4.69, 9.17) is 0 Å². The Balaban J connectivity index is 0.000000291. The molecule has 0 aliphatic rings. The van der Waals surface area contributed by atoms with E-state index < -0.39 is 0 Å². The van der Waals surface area contributed by atoms with Crippen LogP contribution < -0.4 is 11.7 Å². The molecule has 0 heterocycles. The molecule has 0 atom stereocenters. The van der Waals surface area contributed by atoms with E-state index in [1.54, 1.807) is 18.2 Å². The van der Waals surface area contributed by atoms with Gasteiger partial charge < -0.3 is 0 Å². The van der Waals surface area contributed by atoms with Gasteiger partial charge in [-0.15, -0.1) is 0 Å². The van der Waals surface area contributed by atoms with Crippen LogP contribution in [0.1, 0.15) is 0 Å². The third-order valence-corrected chi connectivity index (χ3v) is 0.733. The van der Waals surface area contributed by atoms with Gasteiger partial charge in [-0.2, -0.15) is 0 Å². The van der Waals surface area contributed by atoms with Crippen LogP contribution in [0.15, 0.2) is 30.3 Å². The maximum absolute atomic E-state index is 11.9. The lowest BCUT2D eigenvalue weighted by Crippen LogP contribution is -2.02. The van der Waals surface area contributed by atoms with Crippen LogP contribution in [0.5, 0.6) is 0 Å². The fourth-order valence-corrected chi connectivity index (χ4v) is 0.415. The Bertz CT molecular complexity index is 141. The first kappa shape index (κ1) is 8.07. The molecular weight excluding hydrogens is 119 g/mol. The Morgan fingerprint density at radius 3 is 1.67 bits per heavy atom. The van der Waals surface area contributed by atoms with Crippen LogP contribution in [0.4, 0.5) is 4.39 Å². The van der Waals surface area contributed by atoms with Gasteiger partial charge in [0.05, 0.1) is 0 Å². The minimum Gasteiger partial charge on any atom is -0.274 e. The summed E-state index contributed by atoms with van der Waals surface area (Å²) < 4.78 is 11.9. The van der Waals surface area contributed by atoms with Crippen molar-refractivity contribution < 1.29 is 4.39 Å². The van der Waals surface area contributed by atoms with E-state index >= 15 is 0 Å². The van der Waals surface area contributed by atoms with Gasteiger partial charge in [0.15, 0.2) is 0 Å². The summed E-state index contributed by atoms with van der Waals surface area (Å²) in [7, 11) is 0. The molecule has 1 aromatic carbocycles. The van der Waals surface area contributed by atoms with Crippen molar-refractivity contribution in [2.45, 2.75) is 0 Å². The average molecular weight is 128 g/mol. The van der Waals surface area contributed by atoms with Crippen molar-refractivity contribution in [1.82, 2.24) is 0 Å². The summed E-state index contributed by atoms with van der Waals surface area (Å²) in [6.07, 6.45) is 0. The first-order valence-corrected chi connectivity index (χ1v) is 2.43. The number of hydrazine groups is 1. The lowest BCUT2D eigenvalue weighted by Gasteiger charge is -1.78. The summed E-state index contributed by atoms with van der Waals surface area (Å²) in [4.78, 5) is 0. The standard InChI is InChI=1S/C6H5F.H4N2/c7-6-4-2-1-3-5-6;1-2/h1-5H;1-2H2. The van der Waals surface area contributed by atoms with Crippen molar-refractivity contribution in [1.29, 1.82) is 0 Å². The van der Waals surface area contributed by atoms with Crippen molar-refractivity contribution in [3.8, 4) is 0 Å². The molecule has 0 saturated heterocycles. The lowest BCUT2D eigenvalue weighted by molar-refractivity contribution is 0.628. The van der Waals surface area contributed by atoms with Gasteiger partial charge in [0.2, 0.25) is 0 Å². The van der Waals surface area contributed by atoms with Crippen molar-refractivity contribution in [2.24, 2.45) is 11.7 Å². The van der Waals surface area contributed by atoms with Gasteiger partial charge in [0, 0.05) is 0 Å².